The van der Waals surface area contributed by atoms with Crippen LogP contribution in [0.25, 0.3) is 82.5 Å². The second-order valence-electron chi connectivity index (χ2n) is 11.8. The normalized spacial score (nSPS) is 11.4. The fourth-order valence-corrected chi connectivity index (χ4v) is 6.91. The van der Waals surface area contributed by atoms with Gasteiger partial charge in [0.05, 0.1) is 33.4 Å². The van der Waals surface area contributed by atoms with E-state index in [0.717, 1.165) is 33.7 Å². The number of aromatic nitrogens is 4. The van der Waals surface area contributed by atoms with E-state index in [2.05, 4.69) is 112 Å². The largest absolute Gasteiger partial charge is 0.366 e. The number of hydrogen-bond donors (Lipinski definition) is 0. The summed E-state index contributed by atoms with van der Waals surface area (Å²) in [6.07, 6.45) is 1.87. The van der Waals surface area contributed by atoms with Crippen molar-refractivity contribution in [2.24, 2.45) is 7.05 Å². The number of aryl methyl sites for hydroxylation is 2. The zero-order chi connectivity index (χ0) is 30.8. The minimum Gasteiger partial charge on any atom is -0.366 e. The number of imidazole rings is 1. The maximum absolute atomic E-state index is 4.97. The van der Waals surface area contributed by atoms with Crippen LogP contribution in [0.15, 0.2) is 134 Å². The van der Waals surface area contributed by atoms with Crippen LogP contribution in [0.3, 0.4) is 0 Å². The average molecular weight is 781 g/mol. The summed E-state index contributed by atoms with van der Waals surface area (Å²) in [5, 5.41) is 7.69. The molecule has 227 valence electrons. The van der Waals surface area contributed by atoms with Crippen LogP contribution in [0.4, 0.5) is 0 Å². The Bertz CT molecular complexity index is 2690. The second kappa shape index (κ2) is 11.5. The summed E-state index contributed by atoms with van der Waals surface area (Å²) in [4.78, 5) is 9.29. The van der Waals surface area contributed by atoms with Crippen LogP contribution in [0.1, 0.15) is 5.56 Å². The van der Waals surface area contributed by atoms with Crippen molar-refractivity contribution in [1.82, 2.24) is 18.9 Å². The van der Waals surface area contributed by atoms with E-state index in [1.54, 1.807) is 0 Å². The first-order valence-corrected chi connectivity index (χ1v) is 15.5. The van der Waals surface area contributed by atoms with E-state index in [4.69, 9.17) is 4.98 Å². The molecule has 0 saturated heterocycles. The Morgan fingerprint density at radius 3 is 2.06 bits per heavy atom. The molecule has 4 heterocycles. The molecule has 0 aliphatic rings. The first kappa shape index (κ1) is 29.1. The van der Waals surface area contributed by atoms with Gasteiger partial charge in [-0.15, -0.1) is 71.8 Å². The molecule has 0 amide bonds. The fraction of sp³-hybridized carbons (Fsp3) is 0.0476. The van der Waals surface area contributed by atoms with Crippen LogP contribution in [0, 0.1) is 19.1 Å². The standard InChI is InChI=1S/C30H18N3.C12H10N.Ir/c1-32-29-23-17-27-24(16-19(23)14-15-25(29)31-30(32)18-8-3-2-4-9-18)22-12-7-11-21-20-10-5-6-13-26(20)33(27)28(21)22;1-10-7-8-12(13-9-10)11-5-3-2-4-6-11;/h2-8,10-17H,1H3;2-5,7-9H,1H3;/q2*-1;. The van der Waals surface area contributed by atoms with Crippen molar-refractivity contribution in [3.63, 3.8) is 0 Å². The maximum atomic E-state index is 4.97. The van der Waals surface area contributed by atoms with Gasteiger partial charge in [0.15, 0.2) is 0 Å². The van der Waals surface area contributed by atoms with Crippen molar-refractivity contribution < 1.29 is 20.1 Å². The Morgan fingerprint density at radius 1 is 0.596 bits per heavy atom. The molecule has 0 aliphatic heterocycles. The molecule has 0 atom stereocenters. The molecule has 0 unspecified atom stereocenters. The molecule has 5 heteroatoms. The predicted molar refractivity (Wildman–Crippen MR) is 190 cm³/mol. The second-order valence-corrected chi connectivity index (χ2v) is 11.8. The monoisotopic (exact) mass is 781 g/mol. The Labute approximate surface area is 285 Å². The van der Waals surface area contributed by atoms with Gasteiger partial charge in [-0.3, -0.25) is 4.98 Å². The third-order valence-corrected chi connectivity index (χ3v) is 9.04. The van der Waals surface area contributed by atoms with Gasteiger partial charge in [-0.05, 0) is 47.8 Å². The van der Waals surface area contributed by atoms with E-state index in [1.165, 1.54) is 54.4 Å². The molecule has 47 heavy (non-hydrogen) atoms. The molecular formula is C42H28IrN4-2. The molecular weight excluding hydrogens is 753 g/mol. The summed E-state index contributed by atoms with van der Waals surface area (Å²) in [6.45, 7) is 2.03. The van der Waals surface area contributed by atoms with Gasteiger partial charge in [-0.2, -0.15) is 0 Å². The van der Waals surface area contributed by atoms with Crippen LogP contribution < -0.4 is 0 Å². The van der Waals surface area contributed by atoms with Crippen LogP contribution in [0.5, 0.6) is 0 Å². The van der Waals surface area contributed by atoms with Gasteiger partial charge in [0, 0.05) is 60.3 Å². The fourth-order valence-electron chi connectivity index (χ4n) is 6.91. The number of rotatable bonds is 2. The molecule has 0 aliphatic carbocycles. The van der Waals surface area contributed by atoms with Gasteiger partial charge in [0.1, 0.15) is 0 Å². The molecule has 6 aromatic carbocycles. The third kappa shape index (κ3) is 4.62. The van der Waals surface area contributed by atoms with Gasteiger partial charge >= 0.3 is 0 Å². The summed E-state index contributed by atoms with van der Waals surface area (Å²) in [5.41, 5.74) is 10.2. The van der Waals surface area contributed by atoms with Crippen molar-refractivity contribution in [1.29, 1.82) is 0 Å². The zero-order valence-electron chi connectivity index (χ0n) is 25.8. The summed E-state index contributed by atoms with van der Waals surface area (Å²) in [6, 6.07) is 50.9. The Balaban J connectivity index is 0.000000196. The van der Waals surface area contributed by atoms with Gasteiger partial charge < -0.3 is 14.0 Å². The van der Waals surface area contributed by atoms with Gasteiger partial charge in [-0.1, -0.05) is 54.6 Å². The van der Waals surface area contributed by atoms with Crippen LogP contribution in [-0.4, -0.2) is 18.9 Å². The first-order chi connectivity index (χ1) is 22.7. The molecule has 4 aromatic heterocycles. The van der Waals surface area contributed by atoms with Gasteiger partial charge in [0.2, 0.25) is 0 Å². The van der Waals surface area contributed by atoms with Crippen molar-refractivity contribution >= 4 is 59.9 Å². The third-order valence-electron chi connectivity index (χ3n) is 9.04. The molecule has 0 fully saturated rings. The van der Waals surface area contributed by atoms with Crippen LogP contribution in [-0.2, 0) is 27.2 Å². The Hall–Kier alpha value is -5.35. The number of benzene rings is 6. The molecule has 1 radical (unpaired) electrons. The van der Waals surface area contributed by atoms with Crippen LogP contribution in [0.2, 0.25) is 0 Å². The summed E-state index contributed by atoms with van der Waals surface area (Å²) >= 11 is 0. The van der Waals surface area contributed by atoms with E-state index >= 15 is 0 Å². The number of para-hydroxylation sites is 2. The molecule has 0 spiro atoms. The van der Waals surface area contributed by atoms with Crippen LogP contribution >= 0.6 is 0 Å². The summed E-state index contributed by atoms with van der Waals surface area (Å²) in [5.74, 6) is 0.940. The van der Waals surface area contributed by atoms with Crippen molar-refractivity contribution in [2.45, 2.75) is 6.92 Å². The molecule has 10 aromatic rings. The predicted octanol–water partition coefficient (Wildman–Crippen LogP) is 10.2. The molecule has 0 bridgehead atoms. The summed E-state index contributed by atoms with van der Waals surface area (Å²) < 4.78 is 4.65. The Kier molecular flexibility index (Phi) is 7.09. The van der Waals surface area contributed by atoms with Crippen molar-refractivity contribution in [3.05, 3.63) is 151 Å². The first-order valence-electron chi connectivity index (χ1n) is 15.5. The molecule has 0 N–H and O–H groups in total. The SMILES string of the molecule is Cc1ccc(-c2[c-]cccc2)nc1.Cn1c(-c2[c-]cccc2)nc2ccc3cc4c5cccc6c7ccccc7n(c4cc3c21)c65.[Ir]. The number of pyridine rings is 1. The molecule has 4 nitrogen and oxygen atoms in total. The van der Waals surface area contributed by atoms with E-state index in [-0.39, 0.29) is 20.1 Å². The topological polar surface area (TPSA) is 35.1 Å². The van der Waals surface area contributed by atoms with Gasteiger partial charge in [0.25, 0.3) is 0 Å². The minimum absolute atomic E-state index is 0. The number of fused-ring (bicyclic) bond motifs is 9. The van der Waals surface area contributed by atoms with E-state index in [9.17, 15) is 0 Å². The molecule has 10 rings (SSSR count). The zero-order valence-corrected chi connectivity index (χ0v) is 28.2. The molecule has 0 saturated carbocycles. The van der Waals surface area contributed by atoms with Crippen molar-refractivity contribution in [2.75, 3.05) is 0 Å². The van der Waals surface area contributed by atoms with Crippen molar-refractivity contribution in [3.8, 4) is 22.6 Å². The number of nitrogens with zero attached hydrogens (tertiary/aromatic N) is 4. The maximum Gasteiger partial charge on any atom is 0.0777 e. The average Bonchev–Trinajstić information content (AvgIpc) is 3.75. The van der Waals surface area contributed by atoms with E-state index in [0.29, 0.717) is 0 Å². The minimum atomic E-state index is 0. The Morgan fingerprint density at radius 2 is 1.32 bits per heavy atom. The summed E-state index contributed by atoms with van der Waals surface area (Å²) in [7, 11) is 2.11. The van der Waals surface area contributed by atoms with Gasteiger partial charge in [-0.25, -0.2) is 0 Å². The van der Waals surface area contributed by atoms with E-state index in [1.807, 2.05) is 61.7 Å². The quantitative estimate of drug-likeness (QED) is 0.164. The van der Waals surface area contributed by atoms with E-state index < -0.39 is 0 Å². The number of hydrogen-bond acceptors (Lipinski definition) is 2. The smallest absolute Gasteiger partial charge is 0.0777 e.